The van der Waals surface area contributed by atoms with E-state index in [4.69, 9.17) is 5.73 Å². The van der Waals surface area contributed by atoms with Gasteiger partial charge in [0.2, 0.25) is 0 Å². The van der Waals surface area contributed by atoms with E-state index in [9.17, 15) is 4.79 Å². The first-order valence-corrected chi connectivity index (χ1v) is 6.76. The maximum atomic E-state index is 12.4. The van der Waals surface area contributed by atoms with Crippen LogP contribution < -0.4 is 5.73 Å². The Labute approximate surface area is 106 Å². The summed E-state index contributed by atoms with van der Waals surface area (Å²) in [7, 11) is 0. The Morgan fingerprint density at radius 1 is 1.59 bits per heavy atom. The maximum Gasteiger partial charge on any atom is 0.265 e. The summed E-state index contributed by atoms with van der Waals surface area (Å²) < 4.78 is 0. The van der Waals surface area contributed by atoms with Crippen molar-refractivity contribution in [1.82, 2.24) is 9.88 Å². The van der Waals surface area contributed by atoms with Crippen molar-refractivity contribution >= 4 is 17.2 Å². The minimum Gasteiger partial charge on any atom is -0.336 e. The van der Waals surface area contributed by atoms with Crippen LogP contribution in [0.1, 0.15) is 42.6 Å². The summed E-state index contributed by atoms with van der Waals surface area (Å²) in [6, 6.07) is 0.130. The molecule has 1 atom stereocenters. The Morgan fingerprint density at radius 3 is 2.82 bits per heavy atom. The molecule has 0 aromatic carbocycles. The van der Waals surface area contributed by atoms with Crippen molar-refractivity contribution in [2.45, 2.75) is 38.6 Å². The molecule has 1 aliphatic rings. The van der Waals surface area contributed by atoms with Crippen molar-refractivity contribution in [2.24, 2.45) is 5.73 Å². The van der Waals surface area contributed by atoms with Gasteiger partial charge in [0.1, 0.15) is 4.88 Å². The minimum atomic E-state index is -0.0904. The minimum absolute atomic E-state index is 0.0883. The van der Waals surface area contributed by atoms with Gasteiger partial charge in [0.25, 0.3) is 5.91 Å². The van der Waals surface area contributed by atoms with Gasteiger partial charge in [-0.3, -0.25) is 4.79 Å². The van der Waals surface area contributed by atoms with Crippen molar-refractivity contribution in [2.75, 3.05) is 13.1 Å². The van der Waals surface area contributed by atoms with Crippen LogP contribution in [0.4, 0.5) is 0 Å². The number of carbonyl (C=O) groups excluding carboxylic acids is 1. The van der Waals surface area contributed by atoms with Gasteiger partial charge in [0.15, 0.2) is 0 Å². The van der Waals surface area contributed by atoms with Crippen LogP contribution in [0.25, 0.3) is 0 Å². The summed E-state index contributed by atoms with van der Waals surface area (Å²) in [5, 5.41) is 0. The summed E-state index contributed by atoms with van der Waals surface area (Å²) >= 11 is 1.43. The molecule has 1 aromatic rings. The highest BCUT2D eigenvalue weighted by molar-refractivity contribution is 7.11. The first kappa shape index (κ1) is 12.5. The van der Waals surface area contributed by atoms with Crippen LogP contribution >= 0.6 is 11.3 Å². The SMILES string of the molecule is CC(C)(C)c1ncsc1C(=O)N1CCC(N)C1. The van der Waals surface area contributed by atoms with Crippen LogP contribution in [0.5, 0.6) is 0 Å². The Morgan fingerprint density at radius 2 is 2.29 bits per heavy atom. The van der Waals surface area contributed by atoms with E-state index < -0.39 is 0 Å². The fourth-order valence-electron chi connectivity index (χ4n) is 2.05. The molecule has 5 heteroatoms. The molecule has 2 heterocycles. The van der Waals surface area contributed by atoms with Crippen LogP contribution in [0.2, 0.25) is 0 Å². The number of carbonyl (C=O) groups is 1. The van der Waals surface area contributed by atoms with Crippen molar-refractivity contribution in [3.63, 3.8) is 0 Å². The first-order valence-electron chi connectivity index (χ1n) is 5.88. The van der Waals surface area contributed by atoms with Crippen molar-refractivity contribution in [3.8, 4) is 0 Å². The predicted molar refractivity (Wildman–Crippen MR) is 69.3 cm³/mol. The molecule has 1 unspecified atom stereocenters. The molecule has 0 saturated carbocycles. The average molecular weight is 253 g/mol. The third-order valence-electron chi connectivity index (χ3n) is 2.98. The van der Waals surface area contributed by atoms with Crippen LogP contribution in [-0.2, 0) is 5.41 Å². The van der Waals surface area contributed by atoms with Gasteiger partial charge < -0.3 is 10.6 Å². The number of rotatable bonds is 1. The topological polar surface area (TPSA) is 59.2 Å². The zero-order valence-electron chi connectivity index (χ0n) is 10.6. The van der Waals surface area contributed by atoms with E-state index in [1.54, 1.807) is 5.51 Å². The van der Waals surface area contributed by atoms with Crippen LogP contribution in [-0.4, -0.2) is 34.9 Å². The van der Waals surface area contributed by atoms with Crippen LogP contribution in [0.3, 0.4) is 0 Å². The number of hydrogen-bond acceptors (Lipinski definition) is 4. The van der Waals surface area contributed by atoms with E-state index in [-0.39, 0.29) is 17.4 Å². The lowest BCUT2D eigenvalue weighted by Crippen LogP contribution is -2.32. The van der Waals surface area contributed by atoms with Gasteiger partial charge in [0, 0.05) is 24.5 Å². The quantitative estimate of drug-likeness (QED) is 0.827. The molecule has 94 valence electrons. The molecule has 0 aliphatic carbocycles. The normalized spacial score (nSPS) is 20.9. The lowest BCUT2D eigenvalue weighted by Gasteiger charge is -2.20. The summed E-state index contributed by atoms with van der Waals surface area (Å²) in [5.41, 5.74) is 8.39. The van der Waals surface area contributed by atoms with Gasteiger partial charge in [0.05, 0.1) is 11.2 Å². The Kier molecular flexibility index (Phi) is 3.23. The molecular formula is C12H19N3OS. The summed E-state index contributed by atoms with van der Waals surface area (Å²) in [5.74, 6) is 0.0883. The second-order valence-electron chi connectivity index (χ2n) is 5.58. The molecular weight excluding hydrogens is 234 g/mol. The summed E-state index contributed by atoms with van der Waals surface area (Å²) in [6.45, 7) is 7.67. The molecule has 0 radical (unpaired) electrons. The molecule has 2 N–H and O–H groups in total. The summed E-state index contributed by atoms with van der Waals surface area (Å²) in [4.78, 5) is 19.3. The van der Waals surface area contributed by atoms with Gasteiger partial charge in [-0.2, -0.15) is 0 Å². The molecule has 0 spiro atoms. The van der Waals surface area contributed by atoms with E-state index in [1.807, 2.05) is 4.90 Å². The molecule has 1 aromatic heterocycles. The first-order chi connectivity index (χ1) is 7.89. The van der Waals surface area contributed by atoms with Gasteiger partial charge in [-0.1, -0.05) is 20.8 Å². The van der Waals surface area contributed by atoms with E-state index in [0.717, 1.165) is 23.5 Å². The van der Waals surface area contributed by atoms with E-state index in [2.05, 4.69) is 25.8 Å². The highest BCUT2D eigenvalue weighted by Crippen LogP contribution is 2.28. The third-order valence-corrected chi connectivity index (χ3v) is 3.80. The second-order valence-corrected chi connectivity index (χ2v) is 6.43. The zero-order chi connectivity index (χ0) is 12.6. The predicted octanol–water partition coefficient (Wildman–Crippen LogP) is 1.61. The highest BCUT2D eigenvalue weighted by atomic mass is 32.1. The number of nitrogens with two attached hydrogens (primary N) is 1. The fourth-order valence-corrected chi connectivity index (χ4v) is 3.01. The zero-order valence-corrected chi connectivity index (χ0v) is 11.4. The van der Waals surface area contributed by atoms with E-state index in [1.165, 1.54) is 11.3 Å². The molecule has 0 bridgehead atoms. The van der Waals surface area contributed by atoms with Crippen molar-refractivity contribution < 1.29 is 4.79 Å². The lowest BCUT2D eigenvalue weighted by molar-refractivity contribution is 0.0793. The number of nitrogens with zero attached hydrogens (tertiary/aromatic N) is 2. The van der Waals surface area contributed by atoms with Crippen LogP contribution in [0, 0.1) is 0 Å². The second kappa shape index (κ2) is 4.38. The Hall–Kier alpha value is -0.940. The Bertz CT molecular complexity index is 422. The van der Waals surface area contributed by atoms with E-state index in [0.29, 0.717) is 6.54 Å². The largest absolute Gasteiger partial charge is 0.336 e. The highest BCUT2D eigenvalue weighted by Gasteiger charge is 2.30. The van der Waals surface area contributed by atoms with Gasteiger partial charge in [-0.25, -0.2) is 4.98 Å². The standard InChI is InChI=1S/C12H19N3OS/c1-12(2,3)10-9(17-7-14-10)11(16)15-5-4-8(13)6-15/h7-8H,4-6,13H2,1-3H3. The number of likely N-dealkylation sites (tertiary alicyclic amines) is 1. The van der Waals surface area contributed by atoms with Crippen molar-refractivity contribution in [1.29, 1.82) is 0 Å². The van der Waals surface area contributed by atoms with Crippen molar-refractivity contribution in [3.05, 3.63) is 16.1 Å². The molecule has 17 heavy (non-hydrogen) atoms. The number of aromatic nitrogens is 1. The lowest BCUT2D eigenvalue weighted by atomic mass is 9.91. The number of amides is 1. The van der Waals surface area contributed by atoms with Gasteiger partial charge in [-0.15, -0.1) is 11.3 Å². The maximum absolute atomic E-state index is 12.4. The molecule has 4 nitrogen and oxygen atoms in total. The molecule has 1 amide bonds. The Balaban J connectivity index is 2.23. The number of thiazole rings is 1. The monoisotopic (exact) mass is 253 g/mol. The molecule has 2 rings (SSSR count). The third kappa shape index (κ3) is 2.50. The fraction of sp³-hybridized carbons (Fsp3) is 0.667. The number of hydrogen-bond donors (Lipinski definition) is 1. The van der Waals surface area contributed by atoms with E-state index >= 15 is 0 Å². The van der Waals surface area contributed by atoms with Gasteiger partial charge >= 0.3 is 0 Å². The molecule has 1 aliphatic heterocycles. The summed E-state index contributed by atoms with van der Waals surface area (Å²) in [6.07, 6.45) is 0.898. The smallest absolute Gasteiger partial charge is 0.265 e. The molecule has 1 saturated heterocycles. The molecule has 1 fully saturated rings. The van der Waals surface area contributed by atoms with Gasteiger partial charge in [-0.05, 0) is 6.42 Å². The average Bonchev–Trinajstić information content (AvgIpc) is 2.83. The van der Waals surface area contributed by atoms with Crippen LogP contribution in [0.15, 0.2) is 5.51 Å².